The van der Waals surface area contributed by atoms with Crippen LogP contribution < -0.4 is 0 Å². The standard InChI is InChI=1S/C20H21N5O2/c1-27-11-10-24-14-18-22-23-19(16-8-5-9-21-13-16)25(18)17(20(24)26)12-15-6-3-2-4-7-15/h2-9,13,17H,10-12,14H2,1H3/t17-/m1/s1. The molecule has 0 fully saturated rings. The minimum atomic E-state index is -0.391. The number of carbonyl (C=O) groups excluding carboxylic acids is 1. The summed E-state index contributed by atoms with van der Waals surface area (Å²) < 4.78 is 7.13. The van der Waals surface area contributed by atoms with E-state index >= 15 is 0 Å². The van der Waals surface area contributed by atoms with Crippen molar-refractivity contribution < 1.29 is 9.53 Å². The normalized spacial score (nSPS) is 16.4. The first kappa shape index (κ1) is 17.4. The van der Waals surface area contributed by atoms with Crippen LogP contribution in [-0.2, 0) is 22.5 Å². The number of benzene rings is 1. The average Bonchev–Trinajstić information content (AvgIpc) is 3.14. The summed E-state index contributed by atoms with van der Waals surface area (Å²) in [5.41, 5.74) is 1.95. The molecule has 0 N–H and O–H groups in total. The van der Waals surface area contributed by atoms with Crippen LogP contribution in [0.15, 0.2) is 54.9 Å². The quantitative estimate of drug-likeness (QED) is 0.671. The molecule has 1 amide bonds. The molecule has 1 aliphatic heterocycles. The Morgan fingerprint density at radius 1 is 1.15 bits per heavy atom. The second-order valence-corrected chi connectivity index (χ2v) is 6.51. The first-order valence-electron chi connectivity index (χ1n) is 8.93. The molecule has 2 aromatic heterocycles. The molecule has 0 radical (unpaired) electrons. The van der Waals surface area contributed by atoms with Crippen LogP contribution in [0.5, 0.6) is 0 Å². The largest absolute Gasteiger partial charge is 0.383 e. The zero-order chi connectivity index (χ0) is 18.6. The first-order valence-corrected chi connectivity index (χ1v) is 8.93. The highest BCUT2D eigenvalue weighted by Gasteiger charge is 2.36. The number of fused-ring (bicyclic) bond motifs is 1. The van der Waals surface area contributed by atoms with Crippen LogP contribution in [0.4, 0.5) is 0 Å². The number of hydrogen-bond donors (Lipinski definition) is 0. The van der Waals surface area contributed by atoms with Crippen molar-refractivity contribution in [2.24, 2.45) is 0 Å². The average molecular weight is 363 g/mol. The number of ether oxygens (including phenoxy) is 1. The second-order valence-electron chi connectivity index (χ2n) is 6.51. The molecule has 0 unspecified atom stereocenters. The van der Waals surface area contributed by atoms with Gasteiger partial charge < -0.3 is 9.64 Å². The molecule has 0 bridgehead atoms. The van der Waals surface area contributed by atoms with E-state index in [1.165, 1.54) is 0 Å². The molecule has 4 rings (SSSR count). The molecule has 0 saturated heterocycles. The third-order valence-corrected chi connectivity index (χ3v) is 4.76. The van der Waals surface area contributed by atoms with Crippen LogP contribution in [0.3, 0.4) is 0 Å². The van der Waals surface area contributed by atoms with Gasteiger partial charge in [-0.1, -0.05) is 30.3 Å². The molecule has 7 nitrogen and oxygen atoms in total. The lowest BCUT2D eigenvalue weighted by atomic mass is 10.0. The smallest absolute Gasteiger partial charge is 0.246 e. The molecule has 138 valence electrons. The number of rotatable bonds is 6. The molecular weight excluding hydrogens is 342 g/mol. The van der Waals surface area contributed by atoms with Crippen molar-refractivity contribution in [2.75, 3.05) is 20.3 Å². The van der Waals surface area contributed by atoms with Crippen molar-refractivity contribution in [2.45, 2.75) is 19.0 Å². The summed E-state index contributed by atoms with van der Waals surface area (Å²) in [6.07, 6.45) is 4.05. The molecule has 1 aromatic carbocycles. The van der Waals surface area contributed by atoms with Gasteiger partial charge in [0.2, 0.25) is 5.91 Å². The highest BCUT2D eigenvalue weighted by Crippen LogP contribution is 2.30. The van der Waals surface area contributed by atoms with Gasteiger partial charge in [0.15, 0.2) is 11.6 Å². The minimum absolute atomic E-state index is 0.0633. The van der Waals surface area contributed by atoms with Crippen molar-refractivity contribution in [1.29, 1.82) is 0 Å². The topological polar surface area (TPSA) is 73.1 Å². The van der Waals surface area contributed by atoms with E-state index in [0.717, 1.165) is 17.0 Å². The molecule has 0 saturated carbocycles. The van der Waals surface area contributed by atoms with Gasteiger partial charge in [-0.15, -0.1) is 10.2 Å². The highest BCUT2D eigenvalue weighted by atomic mass is 16.5. The Kier molecular flexibility index (Phi) is 4.93. The summed E-state index contributed by atoms with van der Waals surface area (Å²) in [7, 11) is 1.64. The summed E-state index contributed by atoms with van der Waals surface area (Å²) >= 11 is 0. The van der Waals surface area contributed by atoms with Gasteiger partial charge in [-0.05, 0) is 17.7 Å². The number of amides is 1. The number of carbonyl (C=O) groups is 1. The monoisotopic (exact) mass is 363 g/mol. The van der Waals surface area contributed by atoms with Crippen LogP contribution in [0.1, 0.15) is 17.4 Å². The maximum absolute atomic E-state index is 13.3. The lowest BCUT2D eigenvalue weighted by molar-refractivity contribution is -0.138. The third-order valence-electron chi connectivity index (χ3n) is 4.76. The van der Waals surface area contributed by atoms with Gasteiger partial charge in [0.05, 0.1) is 13.2 Å². The summed E-state index contributed by atoms with van der Waals surface area (Å²) in [5.74, 6) is 1.53. The van der Waals surface area contributed by atoms with Crippen molar-refractivity contribution in [1.82, 2.24) is 24.6 Å². The van der Waals surface area contributed by atoms with Crippen LogP contribution >= 0.6 is 0 Å². The zero-order valence-electron chi connectivity index (χ0n) is 15.2. The minimum Gasteiger partial charge on any atom is -0.383 e. The lowest BCUT2D eigenvalue weighted by Crippen LogP contribution is -2.45. The van der Waals surface area contributed by atoms with E-state index in [1.54, 1.807) is 24.4 Å². The Morgan fingerprint density at radius 2 is 2.00 bits per heavy atom. The zero-order valence-corrected chi connectivity index (χ0v) is 15.2. The maximum Gasteiger partial charge on any atom is 0.246 e. The summed E-state index contributed by atoms with van der Waals surface area (Å²) in [5, 5.41) is 8.74. The molecule has 0 spiro atoms. The highest BCUT2D eigenvalue weighted by molar-refractivity contribution is 5.82. The van der Waals surface area contributed by atoms with E-state index < -0.39 is 6.04 Å². The van der Waals surface area contributed by atoms with E-state index in [1.807, 2.05) is 47.0 Å². The second kappa shape index (κ2) is 7.67. The SMILES string of the molecule is COCCN1Cc2nnc(-c3cccnc3)n2[C@H](Cc2ccccc2)C1=O. The summed E-state index contributed by atoms with van der Waals surface area (Å²) in [4.78, 5) is 19.2. The Balaban J connectivity index is 1.75. The van der Waals surface area contributed by atoms with E-state index in [-0.39, 0.29) is 5.91 Å². The van der Waals surface area contributed by atoms with Gasteiger partial charge in [0.25, 0.3) is 0 Å². The summed E-state index contributed by atoms with van der Waals surface area (Å²) in [6.45, 7) is 1.46. The number of aromatic nitrogens is 4. The molecule has 0 aliphatic carbocycles. The molecular formula is C20H21N5O2. The van der Waals surface area contributed by atoms with Crippen molar-refractivity contribution in [3.63, 3.8) is 0 Å². The van der Waals surface area contributed by atoms with Crippen LogP contribution in [0, 0.1) is 0 Å². The van der Waals surface area contributed by atoms with Gasteiger partial charge in [-0.2, -0.15) is 0 Å². The molecule has 3 aromatic rings. The van der Waals surface area contributed by atoms with Gasteiger partial charge in [0, 0.05) is 38.0 Å². The first-order chi connectivity index (χ1) is 13.3. The Morgan fingerprint density at radius 3 is 2.74 bits per heavy atom. The number of hydrogen-bond acceptors (Lipinski definition) is 5. The molecule has 3 heterocycles. The fourth-order valence-corrected chi connectivity index (χ4v) is 3.43. The summed E-state index contributed by atoms with van der Waals surface area (Å²) in [6, 6.07) is 13.4. The van der Waals surface area contributed by atoms with E-state index in [4.69, 9.17) is 4.74 Å². The van der Waals surface area contributed by atoms with Crippen LogP contribution in [0.2, 0.25) is 0 Å². The molecule has 1 atom stereocenters. The molecule has 7 heteroatoms. The van der Waals surface area contributed by atoms with Gasteiger partial charge >= 0.3 is 0 Å². The fraction of sp³-hybridized carbons (Fsp3) is 0.300. The van der Waals surface area contributed by atoms with E-state index in [0.29, 0.717) is 31.9 Å². The Hall–Kier alpha value is -3.06. The van der Waals surface area contributed by atoms with Gasteiger partial charge in [0.1, 0.15) is 6.04 Å². The lowest BCUT2D eigenvalue weighted by Gasteiger charge is -2.33. The van der Waals surface area contributed by atoms with Crippen molar-refractivity contribution in [3.8, 4) is 11.4 Å². The fourth-order valence-electron chi connectivity index (χ4n) is 3.43. The Labute approximate surface area is 157 Å². The predicted molar refractivity (Wildman–Crippen MR) is 99.7 cm³/mol. The molecule has 27 heavy (non-hydrogen) atoms. The number of methoxy groups -OCH3 is 1. The van der Waals surface area contributed by atoms with E-state index in [9.17, 15) is 4.79 Å². The number of nitrogens with zero attached hydrogens (tertiary/aromatic N) is 5. The van der Waals surface area contributed by atoms with Gasteiger partial charge in [-0.3, -0.25) is 14.3 Å². The maximum atomic E-state index is 13.3. The van der Waals surface area contributed by atoms with Crippen LogP contribution in [-0.4, -0.2) is 50.8 Å². The number of pyridine rings is 1. The van der Waals surface area contributed by atoms with Crippen LogP contribution in [0.25, 0.3) is 11.4 Å². The molecule has 1 aliphatic rings. The van der Waals surface area contributed by atoms with Crippen molar-refractivity contribution >= 4 is 5.91 Å². The Bertz CT molecular complexity index is 911. The van der Waals surface area contributed by atoms with Gasteiger partial charge in [-0.25, -0.2) is 0 Å². The van der Waals surface area contributed by atoms with E-state index in [2.05, 4.69) is 15.2 Å². The third kappa shape index (κ3) is 3.46. The predicted octanol–water partition coefficient (Wildman–Crippen LogP) is 2.11. The van der Waals surface area contributed by atoms with Crippen molar-refractivity contribution in [3.05, 3.63) is 66.2 Å².